The molecule has 2 aromatic heterocycles. The minimum Gasteiger partial charge on any atom is -0.306 e. The van der Waals surface area contributed by atoms with Crippen LogP contribution in [0.5, 0.6) is 0 Å². The summed E-state index contributed by atoms with van der Waals surface area (Å²) in [7, 11) is 0. The van der Waals surface area contributed by atoms with Gasteiger partial charge in [0, 0.05) is 28.6 Å². The van der Waals surface area contributed by atoms with Gasteiger partial charge < -0.3 is 5.32 Å². The van der Waals surface area contributed by atoms with E-state index in [1.54, 1.807) is 11.3 Å². The smallest absolute Gasteiger partial charge is 0.0798 e. The number of hydrogen-bond acceptors (Lipinski definition) is 4. The van der Waals surface area contributed by atoms with Crippen molar-refractivity contribution in [2.75, 3.05) is 0 Å². The van der Waals surface area contributed by atoms with E-state index in [9.17, 15) is 0 Å². The van der Waals surface area contributed by atoms with Crippen LogP contribution in [-0.2, 0) is 13.1 Å². The van der Waals surface area contributed by atoms with Crippen LogP contribution < -0.4 is 5.32 Å². The van der Waals surface area contributed by atoms with Gasteiger partial charge in [0.25, 0.3) is 0 Å². The molecule has 0 saturated carbocycles. The number of rotatable bonds is 4. The third-order valence-corrected chi connectivity index (χ3v) is 3.63. The van der Waals surface area contributed by atoms with Crippen LogP contribution in [0.15, 0.2) is 28.3 Å². The topological polar surface area (TPSA) is 37.8 Å². The van der Waals surface area contributed by atoms with Crippen LogP contribution in [-0.4, -0.2) is 9.97 Å². The summed E-state index contributed by atoms with van der Waals surface area (Å²) >= 11 is 5.05. The van der Waals surface area contributed by atoms with Crippen molar-refractivity contribution in [1.82, 2.24) is 15.3 Å². The van der Waals surface area contributed by atoms with Gasteiger partial charge in [-0.1, -0.05) is 0 Å². The molecular formula is C11H12BrN3S. The summed E-state index contributed by atoms with van der Waals surface area (Å²) < 4.78 is 1.01. The molecule has 0 spiro atoms. The maximum Gasteiger partial charge on any atom is 0.0798 e. The fourth-order valence-corrected chi connectivity index (χ4v) is 2.29. The number of aromatic nitrogens is 2. The van der Waals surface area contributed by atoms with Crippen LogP contribution in [0.3, 0.4) is 0 Å². The Hall–Kier alpha value is -0.780. The summed E-state index contributed by atoms with van der Waals surface area (Å²) in [5, 5.41) is 3.36. The highest BCUT2D eigenvalue weighted by atomic mass is 79.9. The molecule has 0 amide bonds. The molecule has 0 saturated heterocycles. The van der Waals surface area contributed by atoms with E-state index >= 15 is 0 Å². The predicted molar refractivity (Wildman–Crippen MR) is 69.3 cm³/mol. The Labute approximate surface area is 107 Å². The van der Waals surface area contributed by atoms with Crippen molar-refractivity contribution in [1.29, 1.82) is 0 Å². The molecule has 0 aromatic carbocycles. The lowest BCUT2D eigenvalue weighted by atomic mass is 10.3. The van der Waals surface area contributed by atoms with Crippen molar-refractivity contribution in [2.24, 2.45) is 0 Å². The molecular weight excluding hydrogens is 286 g/mol. The van der Waals surface area contributed by atoms with E-state index in [-0.39, 0.29) is 0 Å². The van der Waals surface area contributed by atoms with Crippen LogP contribution in [0.2, 0.25) is 0 Å². The molecule has 0 unspecified atom stereocenters. The molecule has 0 atom stereocenters. The van der Waals surface area contributed by atoms with Gasteiger partial charge in [0.1, 0.15) is 0 Å². The second-order valence-electron chi connectivity index (χ2n) is 3.43. The highest BCUT2D eigenvalue weighted by Crippen LogP contribution is 2.12. The molecule has 0 radical (unpaired) electrons. The summed E-state index contributed by atoms with van der Waals surface area (Å²) in [5.41, 5.74) is 4.04. The van der Waals surface area contributed by atoms with Gasteiger partial charge in [-0.2, -0.15) is 0 Å². The lowest BCUT2D eigenvalue weighted by molar-refractivity contribution is 0.683. The molecule has 1 N–H and O–H groups in total. The predicted octanol–water partition coefficient (Wildman–Crippen LogP) is 2.90. The maximum absolute atomic E-state index is 4.30. The van der Waals surface area contributed by atoms with Crippen LogP contribution in [0.25, 0.3) is 0 Å². The second-order valence-corrected chi connectivity index (χ2v) is 5.29. The zero-order valence-electron chi connectivity index (χ0n) is 8.90. The van der Waals surface area contributed by atoms with Crippen molar-refractivity contribution in [3.63, 3.8) is 0 Å². The van der Waals surface area contributed by atoms with Gasteiger partial charge in [0.05, 0.1) is 16.9 Å². The Morgan fingerprint density at radius 1 is 1.31 bits per heavy atom. The van der Waals surface area contributed by atoms with Crippen LogP contribution in [0.1, 0.15) is 16.3 Å². The Balaban J connectivity index is 1.84. The summed E-state index contributed by atoms with van der Waals surface area (Å²) in [5.74, 6) is 0. The molecule has 0 aliphatic heterocycles. The molecule has 0 bridgehead atoms. The summed E-state index contributed by atoms with van der Waals surface area (Å²) in [6, 6.07) is 4.01. The first kappa shape index (κ1) is 11.7. The van der Waals surface area contributed by atoms with E-state index in [0.29, 0.717) is 0 Å². The van der Waals surface area contributed by atoms with Crippen LogP contribution >= 0.6 is 27.3 Å². The highest BCUT2D eigenvalue weighted by molar-refractivity contribution is 9.10. The third-order valence-electron chi connectivity index (χ3n) is 2.23. The normalized spacial score (nSPS) is 10.6. The lowest BCUT2D eigenvalue weighted by Gasteiger charge is -2.03. The van der Waals surface area contributed by atoms with E-state index in [0.717, 1.165) is 29.0 Å². The van der Waals surface area contributed by atoms with Gasteiger partial charge in [-0.3, -0.25) is 4.98 Å². The van der Waals surface area contributed by atoms with Gasteiger partial charge in [-0.15, -0.1) is 11.3 Å². The van der Waals surface area contributed by atoms with E-state index < -0.39 is 0 Å². The van der Waals surface area contributed by atoms with Crippen molar-refractivity contribution in [3.8, 4) is 0 Å². The van der Waals surface area contributed by atoms with Crippen molar-refractivity contribution < 1.29 is 0 Å². The Kier molecular flexibility index (Phi) is 4.04. The molecule has 2 aromatic rings. The molecule has 16 heavy (non-hydrogen) atoms. The van der Waals surface area contributed by atoms with Crippen LogP contribution in [0, 0.1) is 6.92 Å². The molecule has 3 nitrogen and oxygen atoms in total. The highest BCUT2D eigenvalue weighted by Gasteiger charge is 2.00. The van der Waals surface area contributed by atoms with E-state index in [1.165, 1.54) is 4.88 Å². The minimum atomic E-state index is 0.782. The first-order valence-corrected chi connectivity index (χ1v) is 6.63. The Morgan fingerprint density at radius 2 is 2.19 bits per heavy atom. The summed E-state index contributed by atoms with van der Waals surface area (Å²) in [6.07, 6.45) is 1.81. The average molecular weight is 298 g/mol. The minimum absolute atomic E-state index is 0.782. The Bertz CT molecular complexity index is 453. The quantitative estimate of drug-likeness (QED) is 0.943. The van der Waals surface area contributed by atoms with E-state index in [1.807, 2.05) is 30.8 Å². The lowest BCUT2D eigenvalue weighted by Crippen LogP contribution is -2.13. The first-order valence-electron chi connectivity index (χ1n) is 4.96. The zero-order chi connectivity index (χ0) is 11.4. The van der Waals surface area contributed by atoms with Gasteiger partial charge in [0.15, 0.2) is 0 Å². The van der Waals surface area contributed by atoms with E-state index in [4.69, 9.17) is 0 Å². The number of nitrogens with one attached hydrogen (secondary N) is 1. The fourth-order valence-electron chi connectivity index (χ4n) is 1.31. The zero-order valence-corrected chi connectivity index (χ0v) is 11.3. The number of hydrogen-bond donors (Lipinski definition) is 1. The maximum atomic E-state index is 4.30. The number of pyridine rings is 1. The number of halogens is 1. The number of nitrogens with zero attached hydrogens (tertiary/aromatic N) is 2. The largest absolute Gasteiger partial charge is 0.306 e. The summed E-state index contributed by atoms with van der Waals surface area (Å²) in [4.78, 5) is 9.80. The molecule has 2 heterocycles. The average Bonchev–Trinajstić information content (AvgIpc) is 2.68. The number of aryl methyl sites for hydroxylation is 1. The molecule has 0 fully saturated rings. The molecule has 84 valence electrons. The molecule has 2 rings (SSSR count). The summed E-state index contributed by atoms with van der Waals surface area (Å²) in [6.45, 7) is 3.67. The number of thiazole rings is 1. The van der Waals surface area contributed by atoms with Gasteiger partial charge >= 0.3 is 0 Å². The van der Waals surface area contributed by atoms with Gasteiger partial charge in [-0.05, 0) is 35.0 Å². The van der Waals surface area contributed by atoms with Crippen molar-refractivity contribution in [2.45, 2.75) is 20.0 Å². The molecule has 0 aliphatic rings. The second kappa shape index (κ2) is 5.52. The van der Waals surface area contributed by atoms with Gasteiger partial charge in [-0.25, -0.2) is 4.98 Å². The van der Waals surface area contributed by atoms with Crippen molar-refractivity contribution in [3.05, 3.63) is 44.6 Å². The third kappa shape index (κ3) is 3.10. The van der Waals surface area contributed by atoms with Crippen molar-refractivity contribution >= 4 is 27.3 Å². The molecule has 5 heteroatoms. The first-order chi connectivity index (χ1) is 7.75. The SMILES string of the molecule is Cc1ncsc1CNCc1ccc(Br)cn1. The molecule has 0 aliphatic carbocycles. The van der Waals surface area contributed by atoms with Crippen LogP contribution in [0.4, 0.5) is 0 Å². The standard InChI is InChI=1S/C11H12BrN3S/c1-8-11(16-7-15-8)6-13-5-10-3-2-9(12)4-14-10/h2-4,7,13H,5-6H2,1H3. The van der Waals surface area contributed by atoms with E-state index in [2.05, 4.69) is 31.2 Å². The fraction of sp³-hybridized carbons (Fsp3) is 0.273. The monoisotopic (exact) mass is 297 g/mol. The van der Waals surface area contributed by atoms with Gasteiger partial charge in [0.2, 0.25) is 0 Å². The Morgan fingerprint density at radius 3 is 2.81 bits per heavy atom.